The fourth-order valence-electron chi connectivity index (χ4n) is 3.09. The van der Waals surface area contributed by atoms with Gasteiger partial charge in [-0.15, -0.1) is 0 Å². The van der Waals surface area contributed by atoms with Crippen LogP contribution in [0.25, 0.3) is 33.3 Å². The van der Waals surface area contributed by atoms with E-state index in [2.05, 4.69) is 71.0 Å². The van der Waals surface area contributed by atoms with E-state index < -0.39 is 16.5 Å². The Morgan fingerprint density at radius 2 is 1.74 bits per heavy atom. The number of likely N-dealkylation sites (N-methyl/N-ethyl adjacent to an activating group) is 1. The zero-order chi connectivity index (χ0) is 19.2. The van der Waals surface area contributed by atoms with Crippen LogP contribution in [0.2, 0.25) is 0 Å². The van der Waals surface area contributed by atoms with E-state index in [1.807, 2.05) is 18.3 Å². The molecule has 0 unspecified atom stereocenters. The summed E-state index contributed by atoms with van der Waals surface area (Å²) in [6.45, 7) is 1.86. The van der Waals surface area contributed by atoms with Gasteiger partial charge in [0.1, 0.15) is 5.82 Å². The van der Waals surface area contributed by atoms with E-state index in [4.69, 9.17) is 23.8 Å². The Kier molecular flexibility index (Phi) is 7.25. The van der Waals surface area contributed by atoms with Gasteiger partial charge in [0.15, 0.2) is 0 Å². The van der Waals surface area contributed by atoms with Gasteiger partial charge in [-0.05, 0) is 38.4 Å². The molecule has 0 aliphatic heterocycles. The predicted octanol–water partition coefficient (Wildman–Crippen LogP) is 5.19. The standard InChI is InChI=1S/C20H20N4.2ClH.Pt/c1-23(2)13-14-24-18-11-4-3-10-17(18)22-20(24)16-9-5-7-15-8-6-12-21-19(15)16;;;/h3-12H,13-14H2,1-2H3;2*1H;/q;;;+2/p-2. The summed E-state index contributed by atoms with van der Waals surface area (Å²) < 4.78 is 2.30. The van der Waals surface area contributed by atoms with Crippen LogP contribution in [0, 0.1) is 0 Å². The molecule has 0 N–H and O–H groups in total. The van der Waals surface area contributed by atoms with Gasteiger partial charge in [0.25, 0.3) is 0 Å². The topological polar surface area (TPSA) is 34.0 Å². The predicted molar refractivity (Wildman–Crippen MR) is 111 cm³/mol. The zero-order valence-corrected chi connectivity index (χ0v) is 18.8. The Morgan fingerprint density at radius 3 is 2.52 bits per heavy atom. The summed E-state index contributed by atoms with van der Waals surface area (Å²) in [5.74, 6) is 0.988. The molecule has 4 nitrogen and oxygen atoms in total. The maximum absolute atomic E-state index is 4.92. The minimum atomic E-state index is -0.472. The molecule has 0 aliphatic carbocycles. The first-order chi connectivity index (χ1) is 13.2. The average Bonchev–Trinajstić information content (AvgIpc) is 3.05. The zero-order valence-electron chi connectivity index (χ0n) is 15.0. The van der Waals surface area contributed by atoms with E-state index in [1.165, 1.54) is 5.52 Å². The number of halogens is 2. The van der Waals surface area contributed by atoms with Crippen LogP contribution in [0.5, 0.6) is 0 Å². The van der Waals surface area contributed by atoms with Crippen LogP contribution in [0.1, 0.15) is 0 Å². The molecule has 4 aromatic rings. The third-order valence-electron chi connectivity index (χ3n) is 4.30. The molecule has 2 aromatic heterocycles. The molecular formula is C20H20Cl2N4Pt. The number of rotatable bonds is 4. The summed E-state index contributed by atoms with van der Waals surface area (Å²) >= 11 is -0.472. The van der Waals surface area contributed by atoms with Crippen molar-refractivity contribution in [3.05, 3.63) is 60.8 Å². The Balaban J connectivity index is 0.000000659. The van der Waals surface area contributed by atoms with Gasteiger partial charge in [-0.25, -0.2) is 4.98 Å². The quantitative estimate of drug-likeness (QED) is 0.333. The molecular weight excluding hydrogens is 562 g/mol. The van der Waals surface area contributed by atoms with Gasteiger partial charge in [0.05, 0.1) is 16.6 Å². The van der Waals surface area contributed by atoms with Gasteiger partial charge in [0.2, 0.25) is 0 Å². The molecule has 0 saturated carbocycles. The number of hydrogen-bond donors (Lipinski definition) is 0. The first-order valence-electron chi connectivity index (χ1n) is 8.42. The van der Waals surface area contributed by atoms with Gasteiger partial charge in [-0.2, -0.15) is 0 Å². The van der Waals surface area contributed by atoms with Crippen LogP contribution in [0.15, 0.2) is 60.8 Å². The third kappa shape index (κ3) is 4.70. The van der Waals surface area contributed by atoms with Gasteiger partial charge >= 0.3 is 35.3 Å². The van der Waals surface area contributed by atoms with Crippen LogP contribution in [-0.2, 0) is 23.0 Å². The molecule has 2 aromatic carbocycles. The number of pyridine rings is 1. The van der Waals surface area contributed by atoms with Gasteiger partial charge < -0.3 is 9.47 Å². The Bertz CT molecular complexity index is 1030. The van der Waals surface area contributed by atoms with Crippen molar-refractivity contribution in [2.24, 2.45) is 0 Å². The third-order valence-corrected chi connectivity index (χ3v) is 4.30. The average molecular weight is 582 g/mol. The van der Waals surface area contributed by atoms with Crippen molar-refractivity contribution in [2.45, 2.75) is 6.54 Å². The van der Waals surface area contributed by atoms with Crippen molar-refractivity contribution in [3.8, 4) is 11.4 Å². The molecule has 0 aliphatic rings. The molecule has 144 valence electrons. The van der Waals surface area contributed by atoms with Crippen LogP contribution in [0.4, 0.5) is 0 Å². The van der Waals surface area contributed by atoms with Crippen molar-refractivity contribution in [1.82, 2.24) is 19.4 Å². The first-order valence-corrected chi connectivity index (χ1v) is 14.0. The Morgan fingerprint density at radius 1 is 1.00 bits per heavy atom. The van der Waals surface area contributed by atoms with Crippen molar-refractivity contribution in [1.29, 1.82) is 0 Å². The second-order valence-electron chi connectivity index (χ2n) is 6.30. The van der Waals surface area contributed by atoms with Crippen LogP contribution in [-0.4, -0.2) is 40.1 Å². The van der Waals surface area contributed by atoms with E-state index in [0.29, 0.717) is 0 Å². The Labute approximate surface area is 175 Å². The number of para-hydroxylation sites is 3. The van der Waals surface area contributed by atoms with E-state index >= 15 is 0 Å². The van der Waals surface area contributed by atoms with Gasteiger partial charge in [-0.1, -0.05) is 30.3 Å². The molecule has 0 radical (unpaired) electrons. The van der Waals surface area contributed by atoms with Crippen molar-refractivity contribution < 1.29 is 16.5 Å². The summed E-state index contributed by atoms with van der Waals surface area (Å²) in [4.78, 5) is 11.7. The van der Waals surface area contributed by atoms with Crippen molar-refractivity contribution >= 4 is 40.8 Å². The molecule has 0 spiro atoms. The molecule has 2 heterocycles. The number of hydrogen-bond acceptors (Lipinski definition) is 3. The molecule has 27 heavy (non-hydrogen) atoms. The molecule has 0 bridgehead atoms. The summed E-state index contributed by atoms with van der Waals surface area (Å²) in [5.41, 5.74) is 4.28. The number of imidazole rings is 1. The monoisotopic (exact) mass is 581 g/mol. The first kappa shape index (κ1) is 20.3. The van der Waals surface area contributed by atoms with E-state index in [-0.39, 0.29) is 0 Å². The fourth-order valence-corrected chi connectivity index (χ4v) is 3.09. The number of aromatic nitrogens is 3. The molecule has 4 rings (SSSR count). The minimum absolute atomic E-state index is 0.472. The van der Waals surface area contributed by atoms with Crippen LogP contribution in [0.3, 0.4) is 0 Å². The van der Waals surface area contributed by atoms with Gasteiger partial charge in [-0.3, -0.25) is 4.98 Å². The maximum atomic E-state index is 4.92. The summed E-state index contributed by atoms with van der Waals surface area (Å²) in [6.07, 6.45) is 1.85. The summed E-state index contributed by atoms with van der Waals surface area (Å²) in [7, 11) is 13.9. The SMILES string of the molecule is CN(C)CCn1c(-c2cccc3cccnc23)nc2ccccc21.[Cl][Pt][Cl]. The van der Waals surface area contributed by atoms with E-state index in [1.54, 1.807) is 0 Å². The van der Waals surface area contributed by atoms with Crippen molar-refractivity contribution in [2.75, 3.05) is 20.6 Å². The molecule has 0 amide bonds. The molecule has 0 fully saturated rings. The second kappa shape index (κ2) is 9.66. The van der Waals surface area contributed by atoms with E-state index in [9.17, 15) is 0 Å². The Hall–Kier alpha value is -1.45. The number of fused-ring (bicyclic) bond motifs is 2. The van der Waals surface area contributed by atoms with Crippen LogP contribution >= 0.6 is 18.8 Å². The molecule has 7 heteroatoms. The normalized spacial score (nSPS) is 11.1. The second-order valence-corrected chi connectivity index (χ2v) is 9.59. The number of nitrogens with zero attached hydrogens (tertiary/aromatic N) is 4. The van der Waals surface area contributed by atoms with E-state index in [0.717, 1.165) is 40.9 Å². The van der Waals surface area contributed by atoms with Crippen molar-refractivity contribution in [3.63, 3.8) is 0 Å². The van der Waals surface area contributed by atoms with Crippen LogP contribution < -0.4 is 0 Å². The van der Waals surface area contributed by atoms with Gasteiger partial charge in [0, 0.05) is 30.2 Å². The summed E-state index contributed by atoms with van der Waals surface area (Å²) in [5, 5.41) is 1.14. The molecule has 0 atom stereocenters. The fraction of sp³-hybridized carbons (Fsp3) is 0.200. The molecule has 0 saturated heterocycles. The number of benzene rings is 2. The summed E-state index contributed by atoms with van der Waals surface area (Å²) in [6, 6.07) is 18.7.